The van der Waals surface area contributed by atoms with Gasteiger partial charge in [-0.3, -0.25) is 0 Å². The predicted molar refractivity (Wildman–Crippen MR) is 115 cm³/mol. The zero-order chi connectivity index (χ0) is 21.0. The maximum absolute atomic E-state index is 11.1. The number of aromatic nitrogens is 2. The lowest BCUT2D eigenvalue weighted by atomic mass is 9.66. The fourth-order valence-electron chi connectivity index (χ4n) is 2.89. The number of benzene rings is 1. The lowest BCUT2D eigenvalue weighted by molar-refractivity contribution is -0.0332. The molecule has 0 radical (unpaired) electrons. The number of rotatable bonds is 4. The molecule has 0 bridgehead atoms. The van der Waals surface area contributed by atoms with Gasteiger partial charge < -0.3 is 9.67 Å². The van der Waals surface area contributed by atoms with E-state index in [1.165, 1.54) is 5.56 Å². The molecule has 0 fully saturated rings. The number of nitrogens with zero attached hydrogens (tertiary/aromatic N) is 2. The Hall–Kier alpha value is -1.61. The molecular weight excluding hydrogens is 320 g/mol. The Morgan fingerprint density at radius 1 is 0.923 bits per heavy atom. The first-order valence-electron chi connectivity index (χ1n) is 10.0. The van der Waals surface area contributed by atoms with Crippen LogP contribution in [0.15, 0.2) is 42.9 Å². The smallest absolute Gasteiger partial charge is 0.107 e. The molecule has 3 heteroatoms. The van der Waals surface area contributed by atoms with Crippen LogP contribution in [0.2, 0.25) is 0 Å². The first-order valence-corrected chi connectivity index (χ1v) is 10.0. The van der Waals surface area contributed by atoms with Gasteiger partial charge in [0.15, 0.2) is 0 Å². The molecule has 2 unspecified atom stereocenters. The van der Waals surface area contributed by atoms with Gasteiger partial charge in [0.2, 0.25) is 0 Å². The Kier molecular flexibility index (Phi) is 13.0. The van der Waals surface area contributed by atoms with Gasteiger partial charge >= 0.3 is 0 Å². The molecule has 0 aliphatic carbocycles. The third-order valence-electron chi connectivity index (χ3n) is 4.78. The molecule has 2 aromatic rings. The zero-order valence-electron chi connectivity index (χ0n) is 19.0. The number of imidazole rings is 1. The molecule has 0 spiro atoms. The quantitative estimate of drug-likeness (QED) is 0.691. The van der Waals surface area contributed by atoms with Gasteiger partial charge in [-0.15, -0.1) is 0 Å². The number of hydrogen-bond acceptors (Lipinski definition) is 2. The van der Waals surface area contributed by atoms with E-state index in [-0.39, 0.29) is 11.3 Å². The average Bonchev–Trinajstić information content (AvgIpc) is 3.13. The summed E-state index contributed by atoms with van der Waals surface area (Å²) in [4.78, 5) is 4.13. The van der Waals surface area contributed by atoms with Crippen LogP contribution in [0.4, 0.5) is 0 Å². The van der Waals surface area contributed by atoms with Crippen LogP contribution < -0.4 is 0 Å². The van der Waals surface area contributed by atoms with Crippen LogP contribution in [0.3, 0.4) is 0 Å². The average molecular weight is 363 g/mol. The normalized spacial score (nSPS) is 13.5. The van der Waals surface area contributed by atoms with E-state index in [2.05, 4.69) is 37.9 Å². The molecule has 2 rings (SSSR count). The molecule has 0 aliphatic heterocycles. The number of aryl methyl sites for hydroxylation is 1. The largest absolute Gasteiger partial charge is 0.384 e. The van der Waals surface area contributed by atoms with Gasteiger partial charge in [-0.1, -0.05) is 92.6 Å². The zero-order valence-corrected chi connectivity index (χ0v) is 19.0. The molecule has 1 aromatic heterocycles. The third-order valence-corrected chi connectivity index (χ3v) is 4.78. The van der Waals surface area contributed by atoms with E-state index in [1.807, 2.05) is 78.3 Å². The first-order chi connectivity index (χ1) is 12.3. The van der Waals surface area contributed by atoms with Crippen LogP contribution >= 0.6 is 0 Å². The summed E-state index contributed by atoms with van der Waals surface area (Å²) in [5.74, 6) is 0.0350. The highest BCUT2D eigenvalue weighted by molar-refractivity contribution is 5.27. The van der Waals surface area contributed by atoms with E-state index in [4.69, 9.17) is 0 Å². The van der Waals surface area contributed by atoms with Crippen molar-refractivity contribution >= 4 is 0 Å². The molecule has 0 saturated carbocycles. The van der Waals surface area contributed by atoms with Crippen molar-refractivity contribution in [1.29, 1.82) is 0 Å². The summed E-state index contributed by atoms with van der Waals surface area (Å²) in [5.41, 5.74) is 0.989. The molecule has 26 heavy (non-hydrogen) atoms. The van der Waals surface area contributed by atoms with E-state index >= 15 is 0 Å². The fraction of sp³-hybridized carbons (Fsp3) is 0.609. The Labute approximate surface area is 162 Å². The summed E-state index contributed by atoms with van der Waals surface area (Å²) in [6.07, 6.45) is 3.48. The highest BCUT2D eigenvalue weighted by atomic mass is 16.3. The van der Waals surface area contributed by atoms with Crippen LogP contribution in [-0.2, 0) is 18.1 Å². The lowest BCUT2D eigenvalue weighted by Gasteiger charge is -2.41. The molecule has 0 aliphatic rings. The van der Waals surface area contributed by atoms with Gasteiger partial charge in [-0.05, 0) is 23.8 Å². The van der Waals surface area contributed by atoms with Crippen molar-refractivity contribution in [3.63, 3.8) is 0 Å². The summed E-state index contributed by atoms with van der Waals surface area (Å²) in [7, 11) is 1.92. The molecule has 0 saturated heterocycles. The Bertz CT molecular complexity index is 571. The van der Waals surface area contributed by atoms with Crippen molar-refractivity contribution in [3.05, 3.63) is 54.1 Å². The Morgan fingerprint density at radius 2 is 1.38 bits per heavy atom. The standard InChI is InChI=1S/C17H24N2O.3C2H6/c1-13(16(2,3)14-9-7-6-8-10-14)17(4,20)15-11-18-12-19(15)5;3*1-2/h6-13,20H,1-5H3;3*1-2H3. The van der Waals surface area contributed by atoms with Crippen molar-refractivity contribution in [2.24, 2.45) is 13.0 Å². The van der Waals surface area contributed by atoms with Gasteiger partial charge in [0.05, 0.1) is 18.2 Å². The van der Waals surface area contributed by atoms with Crippen LogP contribution in [0.1, 0.15) is 80.5 Å². The molecule has 1 aromatic carbocycles. The second-order valence-corrected chi connectivity index (χ2v) is 6.35. The lowest BCUT2D eigenvalue weighted by Crippen LogP contribution is -2.43. The van der Waals surface area contributed by atoms with Gasteiger partial charge in [0, 0.05) is 7.05 Å². The highest BCUT2D eigenvalue weighted by Gasteiger charge is 2.42. The molecule has 3 nitrogen and oxygen atoms in total. The summed E-state index contributed by atoms with van der Waals surface area (Å²) < 4.78 is 1.89. The second kappa shape index (κ2) is 12.7. The topological polar surface area (TPSA) is 38.1 Å². The van der Waals surface area contributed by atoms with Crippen LogP contribution in [0.5, 0.6) is 0 Å². The molecule has 0 amide bonds. The van der Waals surface area contributed by atoms with Gasteiger partial charge in [-0.25, -0.2) is 4.98 Å². The van der Waals surface area contributed by atoms with Crippen LogP contribution in [0, 0.1) is 5.92 Å². The van der Waals surface area contributed by atoms with Gasteiger partial charge in [0.25, 0.3) is 0 Å². The van der Waals surface area contributed by atoms with Crippen LogP contribution in [-0.4, -0.2) is 14.7 Å². The summed E-state index contributed by atoms with van der Waals surface area (Å²) in [5, 5.41) is 11.1. The summed E-state index contributed by atoms with van der Waals surface area (Å²) in [6.45, 7) is 20.3. The maximum Gasteiger partial charge on any atom is 0.107 e. The maximum atomic E-state index is 11.1. The summed E-state index contributed by atoms with van der Waals surface area (Å²) >= 11 is 0. The molecule has 2 atom stereocenters. The van der Waals surface area contributed by atoms with Crippen LogP contribution in [0.25, 0.3) is 0 Å². The van der Waals surface area contributed by atoms with E-state index < -0.39 is 5.60 Å². The molecule has 1 N–H and O–H groups in total. The van der Waals surface area contributed by atoms with E-state index in [0.29, 0.717) is 0 Å². The minimum atomic E-state index is -0.940. The van der Waals surface area contributed by atoms with Gasteiger partial charge in [0.1, 0.15) is 5.60 Å². The molecular formula is C23H42N2O. The summed E-state index contributed by atoms with van der Waals surface area (Å²) in [6, 6.07) is 10.3. The minimum absolute atomic E-state index is 0.0350. The fourth-order valence-corrected chi connectivity index (χ4v) is 2.89. The van der Waals surface area contributed by atoms with E-state index in [9.17, 15) is 5.11 Å². The van der Waals surface area contributed by atoms with Crippen molar-refractivity contribution in [3.8, 4) is 0 Å². The van der Waals surface area contributed by atoms with E-state index in [0.717, 1.165) is 5.69 Å². The Balaban J connectivity index is 0. The Morgan fingerprint density at radius 3 is 1.77 bits per heavy atom. The van der Waals surface area contributed by atoms with Crippen molar-refractivity contribution in [2.75, 3.05) is 0 Å². The molecule has 150 valence electrons. The monoisotopic (exact) mass is 362 g/mol. The first kappa shape index (κ1) is 26.6. The van der Waals surface area contributed by atoms with Crippen molar-refractivity contribution in [2.45, 2.75) is 80.3 Å². The minimum Gasteiger partial charge on any atom is -0.384 e. The van der Waals surface area contributed by atoms with E-state index in [1.54, 1.807) is 12.5 Å². The highest BCUT2D eigenvalue weighted by Crippen LogP contribution is 2.42. The second-order valence-electron chi connectivity index (χ2n) is 6.35. The molecule has 1 heterocycles. The number of aliphatic hydroxyl groups is 1. The third kappa shape index (κ3) is 6.28. The number of hydrogen-bond donors (Lipinski definition) is 1. The predicted octanol–water partition coefficient (Wildman–Crippen LogP) is 6.32. The van der Waals surface area contributed by atoms with Crippen molar-refractivity contribution in [1.82, 2.24) is 9.55 Å². The SMILES string of the molecule is CC.CC.CC.CC(C(C)(C)c1ccccc1)C(C)(O)c1cncn1C. The van der Waals surface area contributed by atoms with Gasteiger partial charge in [-0.2, -0.15) is 0 Å². The van der Waals surface area contributed by atoms with Crippen molar-refractivity contribution < 1.29 is 5.11 Å².